The summed E-state index contributed by atoms with van der Waals surface area (Å²) in [7, 11) is 0. The van der Waals surface area contributed by atoms with E-state index in [1.54, 1.807) is 0 Å². The Balaban J connectivity index is 1.81. The van der Waals surface area contributed by atoms with E-state index in [1.165, 1.54) is 6.79 Å². The van der Waals surface area contributed by atoms with Crippen molar-refractivity contribution in [1.82, 2.24) is 0 Å². The van der Waals surface area contributed by atoms with Gasteiger partial charge in [0.2, 0.25) is 0 Å². The van der Waals surface area contributed by atoms with Crippen molar-refractivity contribution in [2.45, 2.75) is 0 Å². The lowest BCUT2D eigenvalue weighted by atomic mass is 10.3. The molecule has 2 rings (SSSR count). The van der Waals surface area contributed by atoms with E-state index in [9.17, 15) is 0 Å². The Morgan fingerprint density at radius 1 is 0.600 bits per heavy atom. The molecule has 0 bridgehead atoms. The molecule has 1 radical (unpaired) electrons. The molecule has 0 amide bonds. The minimum absolute atomic E-state index is 0.758. The third-order valence-electron chi connectivity index (χ3n) is 1.85. The van der Waals surface area contributed by atoms with Crippen molar-refractivity contribution >= 4 is 0 Å². The summed E-state index contributed by atoms with van der Waals surface area (Å²) in [5, 5.41) is 0. The molecule has 0 aliphatic heterocycles. The molecule has 2 heteroatoms. The summed E-state index contributed by atoms with van der Waals surface area (Å²) in [4.78, 5) is 0. The van der Waals surface area contributed by atoms with Crippen molar-refractivity contribution in [1.29, 1.82) is 0 Å². The lowest BCUT2D eigenvalue weighted by Crippen LogP contribution is -1.97. The molecule has 0 aliphatic carbocycles. The van der Waals surface area contributed by atoms with Crippen LogP contribution in [-0.2, 0) is 0 Å². The molecule has 0 spiro atoms. The van der Waals surface area contributed by atoms with Crippen molar-refractivity contribution in [3.8, 4) is 11.5 Å². The van der Waals surface area contributed by atoms with Gasteiger partial charge in [-0.15, -0.1) is 0 Å². The second kappa shape index (κ2) is 5.05. The van der Waals surface area contributed by atoms with Crippen molar-refractivity contribution in [3.63, 3.8) is 0 Å². The largest absolute Gasteiger partial charge is 0.448 e. The molecule has 0 saturated heterocycles. The van der Waals surface area contributed by atoms with Gasteiger partial charge < -0.3 is 9.47 Å². The Morgan fingerprint density at radius 3 is 1.40 bits per heavy atom. The van der Waals surface area contributed by atoms with Crippen molar-refractivity contribution in [3.05, 3.63) is 67.5 Å². The first kappa shape index (κ1) is 9.59. The fraction of sp³-hybridized carbons (Fsp3) is 0. The van der Waals surface area contributed by atoms with Gasteiger partial charge in [0.05, 0.1) is 0 Å². The van der Waals surface area contributed by atoms with E-state index in [-0.39, 0.29) is 0 Å². The quantitative estimate of drug-likeness (QED) is 0.752. The van der Waals surface area contributed by atoms with E-state index in [0.29, 0.717) is 0 Å². The van der Waals surface area contributed by atoms with Gasteiger partial charge in [0, 0.05) is 0 Å². The minimum atomic E-state index is 0.758. The summed E-state index contributed by atoms with van der Waals surface area (Å²) in [6.07, 6.45) is 0. The molecule has 75 valence electrons. The van der Waals surface area contributed by atoms with Crippen molar-refractivity contribution in [2.75, 3.05) is 0 Å². The van der Waals surface area contributed by atoms with Crippen LogP contribution in [0.4, 0.5) is 0 Å². The van der Waals surface area contributed by atoms with Gasteiger partial charge >= 0.3 is 6.79 Å². The summed E-state index contributed by atoms with van der Waals surface area (Å²) >= 11 is 0. The Kier molecular flexibility index (Phi) is 3.23. The van der Waals surface area contributed by atoms with Gasteiger partial charge in [-0.05, 0) is 24.3 Å². The lowest BCUT2D eigenvalue weighted by molar-refractivity contribution is 0.210. The van der Waals surface area contributed by atoms with Crippen LogP contribution in [0.25, 0.3) is 0 Å². The summed E-state index contributed by atoms with van der Waals surface area (Å²) < 4.78 is 10.5. The molecule has 0 N–H and O–H groups in total. The van der Waals surface area contributed by atoms with Crippen LogP contribution in [0.2, 0.25) is 0 Å². The highest BCUT2D eigenvalue weighted by molar-refractivity contribution is 5.23. The van der Waals surface area contributed by atoms with Crippen LogP contribution in [0.3, 0.4) is 0 Å². The van der Waals surface area contributed by atoms with Gasteiger partial charge in [-0.3, -0.25) is 0 Å². The molecule has 2 aromatic carbocycles. The predicted octanol–water partition coefficient (Wildman–Crippen LogP) is 3.26. The molecule has 15 heavy (non-hydrogen) atoms. The summed E-state index contributed by atoms with van der Waals surface area (Å²) in [5.41, 5.74) is 0. The van der Waals surface area contributed by atoms with E-state index < -0.39 is 0 Å². The minimum Gasteiger partial charge on any atom is -0.448 e. The van der Waals surface area contributed by atoms with Gasteiger partial charge in [0.15, 0.2) is 0 Å². The molecular weight excluding hydrogens is 188 g/mol. The molecule has 2 aromatic rings. The molecule has 0 unspecified atom stereocenters. The topological polar surface area (TPSA) is 18.5 Å². The first-order valence-electron chi connectivity index (χ1n) is 4.70. The number of rotatable bonds is 4. The molecule has 0 atom stereocenters. The summed E-state index contributed by atoms with van der Waals surface area (Å²) in [6.45, 7) is 1.32. The maximum atomic E-state index is 5.26. The average Bonchev–Trinajstić information content (AvgIpc) is 2.32. The van der Waals surface area contributed by atoms with E-state index >= 15 is 0 Å². The van der Waals surface area contributed by atoms with Crippen LogP contribution in [0.5, 0.6) is 11.5 Å². The van der Waals surface area contributed by atoms with Crippen LogP contribution < -0.4 is 9.47 Å². The Labute approximate surface area is 89.1 Å². The summed E-state index contributed by atoms with van der Waals surface area (Å²) in [6, 6.07) is 19.0. The molecule has 0 aliphatic rings. The maximum absolute atomic E-state index is 5.26. The summed E-state index contributed by atoms with van der Waals surface area (Å²) in [5.74, 6) is 1.52. The second-order valence-corrected chi connectivity index (χ2v) is 2.96. The van der Waals surface area contributed by atoms with Crippen LogP contribution in [0, 0.1) is 6.79 Å². The molecule has 0 fully saturated rings. The van der Waals surface area contributed by atoms with Gasteiger partial charge in [0.1, 0.15) is 11.5 Å². The zero-order valence-electron chi connectivity index (χ0n) is 8.17. The number of ether oxygens (including phenoxy) is 2. The molecule has 0 saturated carbocycles. The third kappa shape index (κ3) is 3.02. The van der Waals surface area contributed by atoms with E-state index in [4.69, 9.17) is 9.47 Å². The van der Waals surface area contributed by atoms with Crippen molar-refractivity contribution < 1.29 is 9.47 Å². The fourth-order valence-corrected chi connectivity index (χ4v) is 1.13. The fourth-order valence-electron chi connectivity index (χ4n) is 1.13. The smallest absolute Gasteiger partial charge is 0.316 e. The van der Waals surface area contributed by atoms with Crippen LogP contribution in [0.15, 0.2) is 60.7 Å². The standard InChI is InChI=1S/C13H11O2/c1-3-7-12(8-4-1)14-11-15-13-9-5-2-6-10-13/h1-11H. The Morgan fingerprint density at radius 2 is 1.00 bits per heavy atom. The monoisotopic (exact) mass is 199 g/mol. The van der Waals surface area contributed by atoms with E-state index in [1.807, 2.05) is 60.7 Å². The average molecular weight is 199 g/mol. The Bertz CT molecular complexity index is 344. The van der Waals surface area contributed by atoms with Crippen LogP contribution in [-0.4, -0.2) is 0 Å². The number of para-hydroxylation sites is 2. The Hall–Kier alpha value is -1.96. The van der Waals surface area contributed by atoms with Crippen LogP contribution in [0.1, 0.15) is 0 Å². The van der Waals surface area contributed by atoms with Gasteiger partial charge in [0.25, 0.3) is 0 Å². The zero-order chi connectivity index (χ0) is 10.3. The highest BCUT2D eigenvalue weighted by Gasteiger charge is 1.94. The lowest BCUT2D eigenvalue weighted by Gasteiger charge is -2.05. The van der Waals surface area contributed by atoms with Crippen LogP contribution >= 0.6 is 0 Å². The number of benzene rings is 2. The second-order valence-electron chi connectivity index (χ2n) is 2.96. The molecular formula is C13H11O2. The van der Waals surface area contributed by atoms with E-state index in [0.717, 1.165) is 11.5 Å². The van der Waals surface area contributed by atoms with Gasteiger partial charge in [-0.1, -0.05) is 36.4 Å². The van der Waals surface area contributed by atoms with Gasteiger partial charge in [-0.25, -0.2) is 0 Å². The predicted molar refractivity (Wildman–Crippen MR) is 58.4 cm³/mol. The first-order chi connectivity index (χ1) is 7.45. The van der Waals surface area contributed by atoms with Crippen molar-refractivity contribution in [2.24, 2.45) is 0 Å². The third-order valence-corrected chi connectivity index (χ3v) is 1.85. The first-order valence-corrected chi connectivity index (χ1v) is 4.70. The highest BCUT2D eigenvalue weighted by atomic mass is 16.7. The SMILES string of the molecule is [CH](Oc1ccccc1)Oc1ccccc1. The maximum Gasteiger partial charge on any atom is 0.316 e. The zero-order valence-corrected chi connectivity index (χ0v) is 8.17. The molecule has 0 aromatic heterocycles. The molecule has 2 nitrogen and oxygen atoms in total. The number of hydrogen-bond donors (Lipinski definition) is 0. The molecule has 0 heterocycles. The van der Waals surface area contributed by atoms with Gasteiger partial charge in [-0.2, -0.15) is 0 Å². The van der Waals surface area contributed by atoms with E-state index in [2.05, 4.69) is 0 Å². The normalized spacial score (nSPS) is 9.60. The highest BCUT2D eigenvalue weighted by Crippen LogP contribution is 2.13. The number of hydrogen-bond acceptors (Lipinski definition) is 2.